The van der Waals surface area contributed by atoms with Gasteiger partial charge in [0.25, 0.3) is 5.91 Å². The van der Waals surface area contributed by atoms with Gasteiger partial charge >= 0.3 is 5.97 Å². The summed E-state index contributed by atoms with van der Waals surface area (Å²) in [6, 6.07) is 5.01. The number of Topliss-reactive ketones (excluding diaryl/α,β-unsaturated/α-hetero) is 1. The summed E-state index contributed by atoms with van der Waals surface area (Å²) in [5.74, 6) is -2.55. The van der Waals surface area contributed by atoms with Crippen molar-refractivity contribution in [1.82, 2.24) is 4.90 Å². The van der Waals surface area contributed by atoms with Crippen LogP contribution in [0, 0.1) is 5.82 Å². The van der Waals surface area contributed by atoms with Crippen molar-refractivity contribution in [3.05, 3.63) is 46.8 Å². The van der Waals surface area contributed by atoms with Crippen LogP contribution in [0.2, 0.25) is 0 Å². The van der Waals surface area contributed by atoms with Crippen LogP contribution >= 0.6 is 11.8 Å². The van der Waals surface area contributed by atoms with E-state index in [-0.39, 0.29) is 22.8 Å². The van der Waals surface area contributed by atoms with Crippen LogP contribution in [0.5, 0.6) is 0 Å². The van der Waals surface area contributed by atoms with Crippen LogP contribution in [-0.2, 0) is 14.3 Å². The van der Waals surface area contributed by atoms with Gasteiger partial charge in [-0.3, -0.25) is 14.4 Å². The summed E-state index contributed by atoms with van der Waals surface area (Å²) < 4.78 is 18.8. The molecule has 2 aliphatic heterocycles. The third kappa shape index (κ3) is 4.06. The van der Waals surface area contributed by atoms with Gasteiger partial charge in [-0.15, -0.1) is 11.8 Å². The molecule has 144 valence electrons. The van der Waals surface area contributed by atoms with Crippen LogP contribution < -0.4 is 0 Å². The molecule has 1 amide bonds. The van der Waals surface area contributed by atoms with Gasteiger partial charge in [0.1, 0.15) is 11.2 Å². The van der Waals surface area contributed by atoms with E-state index in [0.717, 1.165) is 12.8 Å². The Bertz CT molecular complexity index is 786. The smallest absolute Gasteiger partial charge is 0.308 e. The largest absolute Gasteiger partial charge is 0.481 e. The van der Waals surface area contributed by atoms with E-state index in [1.807, 2.05) is 0 Å². The number of ether oxygens (including phenoxy) is 1. The Morgan fingerprint density at radius 2 is 2.04 bits per heavy atom. The zero-order valence-electron chi connectivity index (χ0n) is 14.8. The van der Waals surface area contributed by atoms with E-state index < -0.39 is 35.3 Å². The molecule has 1 aromatic carbocycles. The zero-order chi connectivity index (χ0) is 19.6. The van der Waals surface area contributed by atoms with Crippen molar-refractivity contribution in [3.63, 3.8) is 0 Å². The quantitative estimate of drug-likeness (QED) is 0.717. The highest BCUT2D eigenvalue weighted by molar-refractivity contribution is 7.99. The lowest BCUT2D eigenvalue weighted by atomic mass is 9.98. The van der Waals surface area contributed by atoms with E-state index in [1.54, 1.807) is 6.26 Å². The Hall–Kier alpha value is -2.19. The van der Waals surface area contributed by atoms with Gasteiger partial charge in [0, 0.05) is 29.9 Å². The fourth-order valence-corrected chi connectivity index (χ4v) is 4.38. The molecule has 1 aromatic rings. The van der Waals surface area contributed by atoms with Crippen LogP contribution in [0.3, 0.4) is 0 Å². The van der Waals surface area contributed by atoms with Crippen molar-refractivity contribution in [3.8, 4) is 0 Å². The molecule has 2 heterocycles. The minimum absolute atomic E-state index is 0.00540. The summed E-state index contributed by atoms with van der Waals surface area (Å²) in [4.78, 5) is 38.8. The Kier molecular flexibility index (Phi) is 5.96. The second-order valence-electron chi connectivity index (χ2n) is 6.48. The molecule has 0 radical (unpaired) electrons. The molecule has 2 aliphatic rings. The molecule has 1 N–H and O–H groups in total. The molecular formula is C19H20FNO5S. The lowest BCUT2D eigenvalue weighted by Crippen LogP contribution is -2.40. The number of nitrogens with zero attached hydrogens (tertiary/aromatic N) is 1. The number of hydrogen-bond donors (Lipinski definition) is 1. The maximum Gasteiger partial charge on any atom is 0.308 e. The summed E-state index contributed by atoms with van der Waals surface area (Å²) in [5.41, 5.74) is 0.383. The Morgan fingerprint density at radius 3 is 2.59 bits per heavy atom. The number of carboxylic acid groups (broad SMARTS) is 1. The van der Waals surface area contributed by atoms with Crippen LogP contribution in [0.15, 0.2) is 35.4 Å². The number of ketones is 1. The fourth-order valence-electron chi connectivity index (χ4n) is 3.46. The van der Waals surface area contributed by atoms with Gasteiger partial charge in [0.2, 0.25) is 0 Å². The maximum atomic E-state index is 13.2. The molecule has 3 rings (SSSR count). The summed E-state index contributed by atoms with van der Waals surface area (Å²) in [6.07, 6.45) is 2.85. The number of halogens is 1. The molecular weight excluding hydrogens is 373 g/mol. The summed E-state index contributed by atoms with van der Waals surface area (Å²) in [5, 5.41) is 8.64. The van der Waals surface area contributed by atoms with E-state index in [2.05, 4.69) is 0 Å². The first-order chi connectivity index (χ1) is 12.9. The average Bonchev–Trinajstić information content (AvgIpc) is 3.23. The van der Waals surface area contributed by atoms with E-state index in [4.69, 9.17) is 4.74 Å². The van der Waals surface area contributed by atoms with E-state index >= 15 is 0 Å². The number of aliphatic carboxylic acids is 1. The highest BCUT2D eigenvalue weighted by Gasteiger charge is 2.43. The SMILES string of the molecule is CS[C@H]1C(C(=O)c2ccc(F)cc2)=C(CC(=O)O)C(=O)N1C[C@@H]1CCCO1. The van der Waals surface area contributed by atoms with Gasteiger partial charge in [-0.1, -0.05) is 0 Å². The van der Waals surface area contributed by atoms with E-state index in [1.165, 1.54) is 40.9 Å². The van der Waals surface area contributed by atoms with Gasteiger partial charge in [-0.2, -0.15) is 0 Å². The summed E-state index contributed by atoms with van der Waals surface area (Å²) >= 11 is 1.30. The third-order valence-corrected chi connectivity index (χ3v) is 5.64. The minimum Gasteiger partial charge on any atom is -0.481 e. The highest BCUT2D eigenvalue weighted by Crippen LogP contribution is 2.36. The van der Waals surface area contributed by atoms with Gasteiger partial charge < -0.3 is 14.7 Å². The number of thioether (sulfide) groups is 1. The number of amides is 1. The maximum absolute atomic E-state index is 13.2. The van der Waals surface area contributed by atoms with Gasteiger partial charge in [-0.25, -0.2) is 4.39 Å². The average molecular weight is 393 g/mol. The second-order valence-corrected chi connectivity index (χ2v) is 7.40. The lowest BCUT2D eigenvalue weighted by molar-refractivity contribution is -0.137. The van der Waals surface area contributed by atoms with Crippen molar-refractivity contribution >= 4 is 29.4 Å². The highest BCUT2D eigenvalue weighted by atomic mass is 32.2. The molecule has 0 aromatic heterocycles. The van der Waals surface area contributed by atoms with E-state index in [0.29, 0.717) is 13.2 Å². The van der Waals surface area contributed by atoms with Crippen LogP contribution in [0.25, 0.3) is 0 Å². The van der Waals surface area contributed by atoms with Crippen molar-refractivity contribution in [1.29, 1.82) is 0 Å². The molecule has 1 fully saturated rings. The zero-order valence-corrected chi connectivity index (χ0v) is 15.6. The van der Waals surface area contributed by atoms with Crippen molar-refractivity contribution in [2.24, 2.45) is 0 Å². The van der Waals surface area contributed by atoms with Crippen molar-refractivity contribution in [2.45, 2.75) is 30.7 Å². The van der Waals surface area contributed by atoms with Crippen molar-refractivity contribution in [2.75, 3.05) is 19.4 Å². The van der Waals surface area contributed by atoms with Gasteiger partial charge in [0.05, 0.1) is 12.5 Å². The Morgan fingerprint density at radius 1 is 1.33 bits per heavy atom. The molecule has 2 atom stereocenters. The van der Waals surface area contributed by atoms with Crippen LogP contribution in [0.4, 0.5) is 4.39 Å². The van der Waals surface area contributed by atoms with Crippen LogP contribution in [0.1, 0.15) is 29.6 Å². The monoisotopic (exact) mass is 393 g/mol. The molecule has 0 bridgehead atoms. The second kappa shape index (κ2) is 8.22. The van der Waals surface area contributed by atoms with Gasteiger partial charge in [-0.05, 0) is 43.4 Å². The predicted octanol–water partition coefficient (Wildman–Crippen LogP) is 2.49. The van der Waals surface area contributed by atoms with Gasteiger partial charge in [0.15, 0.2) is 5.78 Å². The Balaban J connectivity index is 1.97. The standard InChI is InChI=1S/C19H20FNO5S/c1-27-19-16(17(24)11-4-6-12(20)7-5-11)14(9-15(22)23)18(25)21(19)10-13-3-2-8-26-13/h4-7,13,19H,2-3,8-10H2,1H3,(H,22,23)/t13-,19-/m0/s1. The molecule has 0 saturated carbocycles. The third-order valence-electron chi connectivity index (χ3n) is 4.70. The van der Waals surface area contributed by atoms with Crippen LogP contribution in [-0.4, -0.2) is 58.6 Å². The van der Waals surface area contributed by atoms with Crippen molar-refractivity contribution < 1.29 is 28.6 Å². The molecule has 0 unspecified atom stereocenters. The summed E-state index contributed by atoms with van der Waals surface area (Å²) in [6.45, 7) is 0.946. The predicted molar refractivity (Wildman–Crippen MR) is 98.0 cm³/mol. The molecule has 6 nitrogen and oxygen atoms in total. The fraction of sp³-hybridized carbons (Fsp3) is 0.421. The van der Waals surface area contributed by atoms with E-state index in [9.17, 15) is 23.9 Å². The summed E-state index contributed by atoms with van der Waals surface area (Å²) in [7, 11) is 0. The number of rotatable bonds is 7. The number of carbonyl (C=O) groups is 3. The number of hydrogen-bond acceptors (Lipinski definition) is 5. The number of carbonyl (C=O) groups excluding carboxylic acids is 2. The first kappa shape index (κ1) is 19.6. The topological polar surface area (TPSA) is 83.9 Å². The molecule has 27 heavy (non-hydrogen) atoms. The lowest BCUT2D eigenvalue weighted by Gasteiger charge is -2.27. The minimum atomic E-state index is -1.18. The molecule has 8 heteroatoms. The normalized spacial score (nSPS) is 22.6. The molecule has 0 aliphatic carbocycles. The first-order valence-electron chi connectivity index (χ1n) is 8.62. The number of benzene rings is 1. The molecule has 1 saturated heterocycles. The molecule has 0 spiro atoms. The Labute approximate surface area is 160 Å². The number of carboxylic acids is 1. The first-order valence-corrected chi connectivity index (χ1v) is 9.91.